The third-order valence-corrected chi connectivity index (χ3v) is 5.72. The molecule has 1 saturated heterocycles. The number of benzene rings is 1. The minimum atomic E-state index is -0.558. The topological polar surface area (TPSA) is 77.5 Å². The molecular weight excluding hydrogens is 436 g/mol. The summed E-state index contributed by atoms with van der Waals surface area (Å²) >= 11 is 0. The van der Waals surface area contributed by atoms with E-state index in [0.717, 1.165) is 24.8 Å². The molecule has 192 valence electrons. The van der Waals surface area contributed by atoms with Crippen molar-refractivity contribution in [2.45, 2.75) is 78.5 Å². The summed E-state index contributed by atoms with van der Waals surface area (Å²) < 4.78 is 22.1. The molecule has 2 amide bonds. The highest BCUT2D eigenvalue weighted by Crippen LogP contribution is 2.32. The van der Waals surface area contributed by atoms with E-state index in [0.29, 0.717) is 43.4 Å². The Labute approximate surface area is 204 Å². The third-order valence-electron chi connectivity index (χ3n) is 5.72. The van der Waals surface area contributed by atoms with Crippen LogP contribution in [0.4, 0.5) is 4.79 Å². The molecule has 0 saturated carbocycles. The molecule has 1 atom stereocenters. The Bertz CT molecular complexity index is 833. The largest absolute Gasteiger partial charge is 0.493 e. The normalized spacial score (nSPS) is 16.4. The van der Waals surface area contributed by atoms with E-state index in [2.05, 4.69) is 0 Å². The van der Waals surface area contributed by atoms with Crippen LogP contribution in [0.15, 0.2) is 12.1 Å². The van der Waals surface area contributed by atoms with Gasteiger partial charge in [-0.05, 0) is 72.1 Å². The van der Waals surface area contributed by atoms with Crippen LogP contribution in [-0.4, -0.2) is 80.0 Å². The molecule has 0 radical (unpaired) electrons. The van der Waals surface area contributed by atoms with Crippen molar-refractivity contribution in [2.24, 2.45) is 0 Å². The molecule has 2 rings (SSSR count). The summed E-state index contributed by atoms with van der Waals surface area (Å²) in [6.45, 7) is 13.6. The van der Waals surface area contributed by atoms with Crippen LogP contribution in [0.2, 0.25) is 0 Å². The zero-order valence-electron chi connectivity index (χ0n) is 22.1. The van der Waals surface area contributed by atoms with Crippen LogP contribution in [-0.2, 0) is 9.47 Å². The number of nitrogens with zero attached hydrogens (tertiary/aromatic N) is 2. The summed E-state index contributed by atoms with van der Waals surface area (Å²) in [7, 11) is 3.24. The molecule has 0 spiro atoms. The van der Waals surface area contributed by atoms with Crippen LogP contribution >= 0.6 is 0 Å². The molecule has 1 heterocycles. The lowest BCUT2D eigenvalue weighted by molar-refractivity contribution is 0.00750. The van der Waals surface area contributed by atoms with Gasteiger partial charge in [-0.15, -0.1) is 0 Å². The molecule has 8 heteroatoms. The van der Waals surface area contributed by atoms with Crippen LogP contribution in [0.5, 0.6) is 11.5 Å². The van der Waals surface area contributed by atoms with Gasteiger partial charge in [0, 0.05) is 44.8 Å². The Morgan fingerprint density at radius 2 is 1.85 bits per heavy atom. The highest BCUT2D eigenvalue weighted by molar-refractivity contribution is 5.97. The molecule has 34 heavy (non-hydrogen) atoms. The molecule has 1 aliphatic rings. The maximum absolute atomic E-state index is 13.8. The van der Waals surface area contributed by atoms with E-state index in [1.165, 1.54) is 0 Å². The molecule has 1 aromatic carbocycles. The molecule has 1 aromatic rings. The zero-order chi connectivity index (χ0) is 25.5. The maximum Gasteiger partial charge on any atom is 0.410 e. The van der Waals surface area contributed by atoms with E-state index in [4.69, 9.17) is 18.9 Å². The summed E-state index contributed by atoms with van der Waals surface area (Å²) in [5.74, 6) is 1.06. The minimum Gasteiger partial charge on any atom is -0.493 e. The number of amides is 2. The number of rotatable bonds is 9. The number of hydrogen-bond donors (Lipinski definition) is 0. The summed E-state index contributed by atoms with van der Waals surface area (Å²) in [5.41, 5.74) is 0.833. The SMILES string of the molecule is COCCCOc1cc(C(=O)N(C(C)C)[C@@H]2CCCN(C(=O)OC(C)(C)C)C2)c(C)cc1OC. The third kappa shape index (κ3) is 7.52. The van der Waals surface area contributed by atoms with E-state index in [-0.39, 0.29) is 24.1 Å². The van der Waals surface area contributed by atoms with Gasteiger partial charge < -0.3 is 28.7 Å². The fraction of sp³-hybridized carbons (Fsp3) is 0.692. The first-order valence-corrected chi connectivity index (χ1v) is 12.1. The number of piperidine rings is 1. The lowest BCUT2D eigenvalue weighted by Gasteiger charge is -2.41. The second-order valence-corrected chi connectivity index (χ2v) is 10.0. The van der Waals surface area contributed by atoms with Crippen LogP contribution in [0.25, 0.3) is 0 Å². The maximum atomic E-state index is 13.8. The fourth-order valence-electron chi connectivity index (χ4n) is 4.18. The predicted octanol–water partition coefficient (Wildman–Crippen LogP) is 4.67. The molecule has 0 aliphatic carbocycles. The van der Waals surface area contributed by atoms with Crippen LogP contribution in [0.1, 0.15) is 69.8 Å². The Hall–Kier alpha value is -2.48. The number of likely N-dealkylation sites (tertiary alicyclic amines) is 1. The average Bonchev–Trinajstić information content (AvgIpc) is 2.76. The number of methoxy groups -OCH3 is 2. The second-order valence-electron chi connectivity index (χ2n) is 10.0. The Balaban J connectivity index is 2.27. The lowest BCUT2D eigenvalue weighted by Crippen LogP contribution is -2.54. The summed E-state index contributed by atoms with van der Waals surface area (Å²) in [4.78, 5) is 30.1. The van der Waals surface area contributed by atoms with Gasteiger partial charge in [-0.25, -0.2) is 4.79 Å². The highest BCUT2D eigenvalue weighted by Gasteiger charge is 2.35. The summed E-state index contributed by atoms with van der Waals surface area (Å²) in [6, 6.07) is 3.48. The molecule has 0 unspecified atom stereocenters. The van der Waals surface area contributed by atoms with Crippen molar-refractivity contribution in [3.05, 3.63) is 23.3 Å². The van der Waals surface area contributed by atoms with Crippen LogP contribution in [0.3, 0.4) is 0 Å². The van der Waals surface area contributed by atoms with Gasteiger partial charge in [0.15, 0.2) is 11.5 Å². The second kappa shape index (κ2) is 12.3. The summed E-state index contributed by atoms with van der Waals surface area (Å²) in [5, 5.41) is 0. The number of ether oxygens (including phenoxy) is 4. The Morgan fingerprint density at radius 3 is 2.44 bits per heavy atom. The van der Waals surface area contributed by atoms with E-state index >= 15 is 0 Å². The summed E-state index contributed by atoms with van der Waals surface area (Å²) in [6.07, 6.45) is 2.05. The smallest absolute Gasteiger partial charge is 0.410 e. The van der Waals surface area contributed by atoms with Gasteiger partial charge in [0.05, 0.1) is 19.8 Å². The van der Waals surface area contributed by atoms with Crippen molar-refractivity contribution >= 4 is 12.0 Å². The van der Waals surface area contributed by atoms with Gasteiger partial charge in [-0.1, -0.05) is 0 Å². The van der Waals surface area contributed by atoms with Crippen molar-refractivity contribution in [1.82, 2.24) is 9.80 Å². The van der Waals surface area contributed by atoms with Crippen LogP contribution in [0, 0.1) is 6.92 Å². The first-order chi connectivity index (χ1) is 16.0. The van der Waals surface area contributed by atoms with Gasteiger partial charge in [0.2, 0.25) is 0 Å². The van der Waals surface area contributed by atoms with E-state index in [1.54, 1.807) is 25.2 Å². The molecule has 0 bridgehead atoms. The molecule has 0 N–H and O–H groups in total. The van der Waals surface area contributed by atoms with Crippen molar-refractivity contribution in [1.29, 1.82) is 0 Å². The van der Waals surface area contributed by atoms with E-state index < -0.39 is 5.60 Å². The van der Waals surface area contributed by atoms with E-state index in [9.17, 15) is 9.59 Å². The predicted molar refractivity (Wildman–Crippen MR) is 132 cm³/mol. The van der Waals surface area contributed by atoms with Crippen molar-refractivity contribution < 1.29 is 28.5 Å². The standard InChI is InChI=1S/C26H42N2O6/c1-18(2)28(20-11-9-12-27(17-20)25(30)34-26(4,5)6)24(29)21-16-23(33-14-10-13-31-7)22(32-8)15-19(21)3/h15-16,18,20H,9-14,17H2,1-8H3/t20-/m1/s1. The van der Waals surface area contributed by atoms with Crippen molar-refractivity contribution in [2.75, 3.05) is 40.5 Å². The first kappa shape index (κ1) is 27.8. The number of carbonyl (C=O) groups excluding carboxylic acids is 2. The quantitative estimate of drug-likeness (QED) is 0.480. The molecule has 8 nitrogen and oxygen atoms in total. The van der Waals surface area contributed by atoms with Gasteiger partial charge in [-0.3, -0.25) is 4.79 Å². The fourth-order valence-corrected chi connectivity index (χ4v) is 4.18. The monoisotopic (exact) mass is 478 g/mol. The number of aryl methyl sites for hydroxylation is 1. The Kier molecular flexibility index (Phi) is 10.0. The Morgan fingerprint density at radius 1 is 1.15 bits per heavy atom. The number of hydrogen-bond acceptors (Lipinski definition) is 6. The highest BCUT2D eigenvalue weighted by atomic mass is 16.6. The average molecular weight is 479 g/mol. The zero-order valence-corrected chi connectivity index (χ0v) is 22.1. The van der Waals surface area contributed by atoms with Gasteiger partial charge >= 0.3 is 6.09 Å². The van der Waals surface area contributed by atoms with Gasteiger partial charge in [0.1, 0.15) is 5.60 Å². The molecular formula is C26H42N2O6. The minimum absolute atomic E-state index is 0.0383. The molecule has 1 aliphatic heterocycles. The van der Waals surface area contributed by atoms with Gasteiger partial charge in [0.25, 0.3) is 5.91 Å². The van der Waals surface area contributed by atoms with Crippen LogP contribution < -0.4 is 9.47 Å². The van der Waals surface area contributed by atoms with Gasteiger partial charge in [-0.2, -0.15) is 0 Å². The first-order valence-electron chi connectivity index (χ1n) is 12.1. The number of carbonyl (C=O) groups is 2. The van der Waals surface area contributed by atoms with Crippen molar-refractivity contribution in [3.63, 3.8) is 0 Å². The van der Waals surface area contributed by atoms with E-state index in [1.807, 2.05) is 52.5 Å². The molecule has 1 fully saturated rings. The lowest BCUT2D eigenvalue weighted by atomic mass is 9.99. The van der Waals surface area contributed by atoms with Crippen molar-refractivity contribution in [3.8, 4) is 11.5 Å². The molecule has 0 aromatic heterocycles.